The third-order valence-electron chi connectivity index (χ3n) is 3.90. The zero-order valence-corrected chi connectivity index (χ0v) is 12.2. The summed E-state index contributed by atoms with van der Waals surface area (Å²) in [5.41, 5.74) is 3.45. The van der Waals surface area contributed by atoms with Crippen LogP contribution in [0.2, 0.25) is 0 Å². The fourth-order valence-corrected chi connectivity index (χ4v) is 2.95. The van der Waals surface area contributed by atoms with E-state index in [1.165, 1.54) is 17.2 Å². The Morgan fingerprint density at radius 2 is 2.10 bits per heavy atom. The smallest absolute Gasteiger partial charge is 0.127 e. The number of fused-ring (bicyclic) bond motifs is 1. The van der Waals surface area contributed by atoms with Gasteiger partial charge in [0.2, 0.25) is 0 Å². The molecule has 0 aromatic heterocycles. The number of rotatable bonds is 5. The number of para-hydroxylation sites is 1. The van der Waals surface area contributed by atoms with Gasteiger partial charge in [0.1, 0.15) is 11.6 Å². The topological polar surface area (TPSA) is 21.3 Å². The van der Waals surface area contributed by atoms with Crippen LogP contribution < -0.4 is 10.1 Å². The minimum absolute atomic E-state index is 0.143. The number of nitrogens with one attached hydrogen (secondary N) is 1. The monoisotopic (exact) mass is 285 g/mol. The van der Waals surface area contributed by atoms with E-state index in [9.17, 15) is 4.39 Å². The molecule has 1 aliphatic rings. The van der Waals surface area contributed by atoms with E-state index in [0.29, 0.717) is 0 Å². The van der Waals surface area contributed by atoms with E-state index in [4.69, 9.17) is 4.74 Å². The first-order valence-electron chi connectivity index (χ1n) is 7.50. The molecule has 2 nitrogen and oxygen atoms in total. The number of ether oxygens (including phenoxy) is 1. The minimum Gasteiger partial charge on any atom is -0.493 e. The normalized spacial score (nSPS) is 14.6. The molecule has 0 radical (unpaired) electrons. The van der Waals surface area contributed by atoms with Crippen molar-refractivity contribution in [1.29, 1.82) is 0 Å². The molecule has 0 spiro atoms. The predicted octanol–water partition coefficient (Wildman–Crippen LogP) is 3.65. The summed E-state index contributed by atoms with van der Waals surface area (Å²) >= 11 is 0. The average Bonchev–Trinajstić information content (AvgIpc) is 2.95. The van der Waals surface area contributed by atoms with Crippen molar-refractivity contribution >= 4 is 0 Å². The average molecular weight is 285 g/mol. The number of hydrogen-bond acceptors (Lipinski definition) is 2. The maximum atomic E-state index is 13.4. The van der Waals surface area contributed by atoms with Crippen molar-refractivity contribution in [3.63, 3.8) is 0 Å². The van der Waals surface area contributed by atoms with Gasteiger partial charge in [-0.15, -0.1) is 0 Å². The van der Waals surface area contributed by atoms with E-state index in [2.05, 4.69) is 30.4 Å². The van der Waals surface area contributed by atoms with E-state index in [0.717, 1.165) is 37.3 Å². The van der Waals surface area contributed by atoms with Gasteiger partial charge in [-0.05, 0) is 36.2 Å². The molecule has 0 aliphatic carbocycles. The first-order chi connectivity index (χ1) is 10.3. The van der Waals surface area contributed by atoms with Gasteiger partial charge in [-0.3, -0.25) is 0 Å². The second-order valence-electron chi connectivity index (χ2n) is 5.38. The van der Waals surface area contributed by atoms with Crippen molar-refractivity contribution in [2.75, 3.05) is 13.2 Å². The summed E-state index contributed by atoms with van der Waals surface area (Å²) < 4.78 is 19.2. The zero-order valence-electron chi connectivity index (χ0n) is 12.2. The molecule has 1 aliphatic heterocycles. The van der Waals surface area contributed by atoms with Gasteiger partial charge in [0.15, 0.2) is 0 Å². The lowest BCUT2D eigenvalue weighted by Crippen LogP contribution is -2.23. The van der Waals surface area contributed by atoms with Crippen molar-refractivity contribution in [1.82, 2.24) is 5.32 Å². The summed E-state index contributed by atoms with van der Waals surface area (Å²) in [5.74, 6) is 0.831. The Morgan fingerprint density at radius 1 is 1.24 bits per heavy atom. The van der Waals surface area contributed by atoms with Crippen LogP contribution in [0.3, 0.4) is 0 Å². The molecule has 1 heterocycles. The van der Waals surface area contributed by atoms with Crippen LogP contribution in [0.5, 0.6) is 5.75 Å². The van der Waals surface area contributed by atoms with Gasteiger partial charge in [-0.25, -0.2) is 4.39 Å². The minimum atomic E-state index is -0.183. The summed E-state index contributed by atoms with van der Waals surface area (Å²) in [5, 5.41) is 3.49. The molecule has 3 heteroatoms. The molecule has 1 unspecified atom stereocenters. The summed E-state index contributed by atoms with van der Waals surface area (Å²) in [6.45, 7) is 3.71. The molecule has 3 rings (SSSR count). The highest BCUT2D eigenvalue weighted by molar-refractivity contribution is 5.46. The molecule has 0 amide bonds. The van der Waals surface area contributed by atoms with Crippen LogP contribution in [-0.4, -0.2) is 13.2 Å². The van der Waals surface area contributed by atoms with Gasteiger partial charge in [0.25, 0.3) is 0 Å². The van der Waals surface area contributed by atoms with Gasteiger partial charge in [-0.1, -0.05) is 37.3 Å². The summed E-state index contributed by atoms with van der Waals surface area (Å²) in [7, 11) is 0. The van der Waals surface area contributed by atoms with E-state index in [1.807, 2.05) is 6.07 Å². The fourth-order valence-electron chi connectivity index (χ4n) is 2.95. The van der Waals surface area contributed by atoms with E-state index >= 15 is 0 Å². The zero-order chi connectivity index (χ0) is 14.7. The van der Waals surface area contributed by atoms with E-state index < -0.39 is 0 Å². The standard InChI is InChI=1S/C18H20FNO/c1-2-20-17(12-13-5-3-7-15(19)11-13)16-8-4-6-14-9-10-21-18(14)16/h3-8,11,17,20H,2,9-10,12H2,1H3. The van der Waals surface area contributed by atoms with Gasteiger partial charge < -0.3 is 10.1 Å². The van der Waals surface area contributed by atoms with Crippen LogP contribution in [0.4, 0.5) is 4.39 Å². The third-order valence-corrected chi connectivity index (χ3v) is 3.90. The predicted molar refractivity (Wildman–Crippen MR) is 82.2 cm³/mol. The quantitative estimate of drug-likeness (QED) is 0.905. The molecule has 0 saturated heterocycles. The molecule has 0 fully saturated rings. The first kappa shape index (κ1) is 14.1. The molecule has 1 N–H and O–H groups in total. The van der Waals surface area contributed by atoms with Crippen LogP contribution in [0.15, 0.2) is 42.5 Å². The van der Waals surface area contributed by atoms with Gasteiger partial charge in [-0.2, -0.15) is 0 Å². The molecule has 0 saturated carbocycles. The van der Waals surface area contributed by atoms with Crippen LogP contribution in [0, 0.1) is 5.82 Å². The Morgan fingerprint density at radius 3 is 2.90 bits per heavy atom. The van der Waals surface area contributed by atoms with Gasteiger partial charge in [0.05, 0.1) is 6.61 Å². The number of likely N-dealkylation sites (N-methyl/N-ethyl adjacent to an activating group) is 1. The van der Waals surface area contributed by atoms with Gasteiger partial charge in [0, 0.05) is 18.0 Å². The first-order valence-corrected chi connectivity index (χ1v) is 7.50. The lowest BCUT2D eigenvalue weighted by atomic mass is 9.96. The van der Waals surface area contributed by atoms with Crippen molar-refractivity contribution in [2.45, 2.75) is 25.8 Å². The number of hydrogen-bond donors (Lipinski definition) is 1. The molecular weight excluding hydrogens is 265 g/mol. The van der Waals surface area contributed by atoms with Crippen LogP contribution in [-0.2, 0) is 12.8 Å². The lowest BCUT2D eigenvalue weighted by Gasteiger charge is -2.21. The van der Waals surface area contributed by atoms with Crippen LogP contribution in [0.1, 0.15) is 29.7 Å². The number of benzene rings is 2. The highest BCUT2D eigenvalue weighted by atomic mass is 19.1. The highest BCUT2D eigenvalue weighted by Crippen LogP contribution is 2.34. The lowest BCUT2D eigenvalue weighted by molar-refractivity contribution is 0.348. The van der Waals surface area contributed by atoms with Crippen LogP contribution >= 0.6 is 0 Å². The SMILES string of the molecule is CCNC(Cc1cccc(F)c1)c1cccc2c1OCC2. The van der Waals surface area contributed by atoms with Crippen LogP contribution in [0.25, 0.3) is 0 Å². The Balaban J connectivity index is 1.90. The number of halogens is 1. The van der Waals surface area contributed by atoms with E-state index in [-0.39, 0.29) is 11.9 Å². The van der Waals surface area contributed by atoms with Gasteiger partial charge >= 0.3 is 0 Å². The molecular formula is C18H20FNO. The molecule has 21 heavy (non-hydrogen) atoms. The summed E-state index contributed by atoms with van der Waals surface area (Å²) in [4.78, 5) is 0. The molecule has 0 bridgehead atoms. The maximum Gasteiger partial charge on any atom is 0.127 e. The fraction of sp³-hybridized carbons (Fsp3) is 0.333. The highest BCUT2D eigenvalue weighted by Gasteiger charge is 2.21. The second kappa shape index (κ2) is 6.27. The largest absolute Gasteiger partial charge is 0.493 e. The van der Waals surface area contributed by atoms with Crippen molar-refractivity contribution in [3.8, 4) is 5.75 Å². The van der Waals surface area contributed by atoms with E-state index in [1.54, 1.807) is 12.1 Å². The molecule has 2 aromatic rings. The summed E-state index contributed by atoms with van der Waals surface area (Å²) in [6.07, 6.45) is 1.73. The Hall–Kier alpha value is -1.87. The molecule has 1 atom stereocenters. The Bertz CT molecular complexity index is 626. The Kier molecular flexibility index (Phi) is 4.20. The second-order valence-corrected chi connectivity index (χ2v) is 5.38. The maximum absolute atomic E-state index is 13.4. The Labute approximate surface area is 125 Å². The third kappa shape index (κ3) is 3.08. The van der Waals surface area contributed by atoms with Crippen molar-refractivity contribution in [3.05, 3.63) is 65.0 Å². The molecule has 110 valence electrons. The van der Waals surface area contributed by atoms with Crippen molar-refractivity contribution < 1.29 is 9.13 Å². The summed E-state index contributed by atoms with van der Waals surface area (Å²) in [6, 6.07) is 13.3. The molecule has 2 aromatic carbocycles. The van der Waals surface area contributed by atoms with Crippen molar-refractivity contribution in [2.24, 2.45) is 0 Å².